The summed E-state index contributed by atoms with van der Waals surface area (Å²) in [5, 5.41) is 4.08. The molecule has 1 aliphatic heterocycles. The van der Waals surface area contributed by atoms with Crippen molar-refractivity contribution in [3.8, 4) is 11.6 Å². The molecule has 1 fully saturated rings. The topological polar surface area (TPSA) is 64.8 Å². The van der Waals surface area contributed by atoms with Gasteiger partial charge >= 0.3 is 0 Å². The van der Waals surface area contributed by atoms with Crippen LogP contribution in [0.4, 0.5) is 10.1 Å². The first-order valence-corrected chi connectivity index (χ1v) is 9.88. The van der Waals surface area contributed by atoms with Crippen molar-refractivity contribution in [2.45, 2.75) is 45.5 Å². The maximum Gasteiger partial charge on any atom is 0.255 e. The Labute approximate surface area is 171 Å². The van der Waals surface area contributed by atoms with E-state index < -0.39 is 24.0 Å². The highest BCUT2D eigenvalue weighted by Crippen LogP contribution is 2.39. The molecule has 8 heteroatoms. The van der Waals surface area contributed by atoms with Crippen molar-refractivity contribution in [3.05, 3.63) is 34.2 Å². The molecule has 1 aromatic carbocycles. The summed E-state index contributed by atoms with van der Waals surface area (Å²) in [6, 6.07) is 3.04. The molecule has 3 atom stereocenters. The van der Waals surface area contributed by atoms with Gasteiger partial charge in [-0.3, -0.25) is 4.79 Å². The Bertz CT molecular complexity index is 944. The van der Waals surface area contributed by atoms with E-state index in [2.05, 4.69) is 31.1 Å². The molecular formula is C20H21BrFN3O3. The summed E-state index contributed by atoms with van der Waals surface area (Å²) in [5.74, 6) is -0.229. The molecule has 1 saturated heterocycles. The van der Waals surface area contributed by atoms with Gasteiger partial charge in [0.25, 0.3) is 5.91 Å². The van der Waals surface area contributed by atoms with E-state index in [0.717, 1.165) is 9.86 Å². The van der Waals surface area contributed by atoms with E-state index in [1.807, 2.05) is 20.8 Å². The Balaban J connectivity index is 1.94. The predicted octanol–water partition coefficient (Wildman–Crippen LogP) is 4.58. The van der Waals surface area contributed by atoms with Crippen molar-refractivity contribution in [3.63, 3.8) is 0 Å². The summed E-state index contributed by atoms with van der Waals surface area (Å²) >= 11 is 3.46. The molecular weight excluding hydrogens is 429 g/mol. The fourth-order valence-electron chi connectivity index (χ4n) is 3.34. The number of benzene rings is 1. The molecule has 0 saturated carbocycles. The Kier molecular flexibility index (Phi) is 6.04. The Morgan fingerprint density at radius 2 is 2.14 bits per heavy atom. The van der Waals surface area contributed by atoms with Gasteiger partial charge in [-0.1, -0.05) is 6.92 Å². The van der Waals surface area contributed by atoms with E-state index in [0.29, 0.717) is 29.1 Å². The predicted molar refractivity (Wildman–Crippen MR) is 108 cm³/mol. The summed E-state index contributed by atoms with van der Waals surface area (Å²) in [6.45, 7) is 13.1. The van der Waals surface area contributed by atoms with Crippen LogP contribution in [0.3, 0.4) is 0 Å². The molecule has 2 aromatic rings. The van der Waals surface area contributed by atoms with Gasteiger partial charge in [0.1, 0.15) is 12.4 Å². The third-order valence-corrected chi connectivity index (χ3v) is 5.34. The molecule has 0 unspecified atom stereocenters. The first-order valence-electron chi connectivity index (χ1n) is 9.09. The number of aromatic nitrogens is 1. The highest BCUT2D eigenvalue weighted by Gasteiger charge is 2.41. The quantitative estimate of drug-likeness (QED) is 0.655. The minimum atomic E-state index is -1.51. The van der Waals surface area contributed by atoms with Crippen LogP contribution in [0.15, 0.2) is 22.8 Å². The second kappa shape index (κ2) is 8.31. The molecule has 1 aliphatic rings. The van der Waals surface area contributed by atoms with Crippen LogP contribution in [-0.2, 0) is 4.79 Å². The van der Waals surface area contributed by atoms with Crippen LogP contribution < -0.4 is 14.8 Å². The van der Waals surface area contributed by atoms with Gasteiger partial charge < -0.3 is 14.8 Å². The SMILES string of the molecule is [C-]#[N+]c1cc2c(Br)cnc(OC[C@H]3NC(=O)[C@@H](F)[C@H]3CC)c2cc1OC(C)C. The van der Waals surface area contributed by atoms with Crippen LogP contribution in [0.2, 0.25) is 0 Å². The van der Waals surface area contributed by atoms with Gasteiger partial charge in [0, 0.05) is 22.0 Å². The number of nitrogens with one attached hydrogen (secondary N) is 1. The number of fused-ring (bicyclic) bond motifs is 1. The number of pyridine rings is 1. The van der Waals surface area contributed by atoms with E-state index in [9.17, 15) is 9.18 Å². The summed E-state index contributed by atoms with van der Waals surface area (Å²) in [6.07, 6.45) is 0.517. The molecule has 28 heavy (non-hydrogen) atoms. The number of amides is 1. The summed E-state index contributed by atoms with van der Waals surface area (Å²) in [4.78, 5) is 19.5. The zero-order chi connectivity index (χ0) is 20.4. The largest absolute Gasteiger partial charge is 0.502 e. The fraction of sp³-hybridized carbons (Fsp3) is 0.450. The molecule has 0 spiro atoms. The molecule has 1 amide bonds. The standard InChI is InChI=1S/C20H21BrFN3O3/c1-5-11-16(25-19(26)18(11)22)9-27-20-13-7-17(28-10(2)3)15(23-4)6-12(13)14(21)8-24-20/h6-8,10-11,16,18H,5,9H2,1-3H3,(H,25,26)/t11-,16+,18-/m0/s1. The highest BCUT2D eigenvalue weighted by molar-refractivity contribution is 9.10. The van der Waals surface area contributed by atoms with Crippen LogP contribution in [0.25, 0.3) is 15.6 Å². The third kappa shape index (κ3) is 3.90. The van der Waals surface area contributed by atoms with Gasteiger partial charge in [0.2, 0.25) is 11.6 Å². The summed E-state index contributed by atoms with van der Waals surface area (Å²) < 4.78 is 26.3. The average Bonchev–Trinajstić information content (AvgIpc) is 2.93. The van der Waals surface area contributed by atoms with Crippen LogP contribution in [0.5, 0.6) is 11.6 Å². The van der Waals surface area contributed by atoms with Gasteiger partial charge in [-0.05, 0) is 53.7 Å². The number of hydrogen-bond acceptors (Lipinski definition) is 4. The Morgan fingerprint density at radius 1 is 1.39 bits per heavy atom. The molecule has 3 rings (SSSR count). The van der Waals surface area contributed by atoms with Gasteiger partial charge in [-0.2, -0.15) is 0 Å². The molecule has 1 aromatic heterocycles. The lowest BCUT2D eigenvalue weighted by Crippen LogP contribution is -2.34. The molecule has 0 bridgehead atoms. The number of nitrogens with zero attached hydrogens (tertiary/aromatic N) is 2. The lowest BCUT2D eigenvalue weighted by molar-refractivity contribution is -0.123. The van der Waals surface area contributed by atoms with Crippen molar-refractivity contribution in [2.24, 2.45) is 5.92 Å². The lowest BCUT2D eigenvalue weighted by Gasteiger charge is -2.19. The number of carbonyl (C=O) groups is 1. The molecule has 0 radical (unpaired) electrons. The molecule has 6 nitrogen and oxygen atoms in total. The number of rotatable bonds is 6. The summed E-state index contributed by atoms with van der Waals surface area (Å²) in [5.41, 5.74) is 0.397. The number of halogens is 2. The van der Waals surface area contributed by atoms with Gasteiger partial charge in [0.05, 0.1) is 18.7 Å². The van der Waals surface area contributed by atoms with Crippen molar-refractivity contribution < 1.29 is 18.7 Å². The second-order valence-electron chi connectivity index (χ2n) is 6.96. The van der Waals surface area contributed by atoms with Crippen LogP contribution in [0.1, 0.15) is 27.2 Å². The lowest BCUT2D eigenvalue weighted by atomic mass is 9.97. The van der Waals surface area contributed by atoms with Crippen molar-refractivity contribution >= 4 is 38.3 Å². The maximum absolute atomic E-state index is 14.0. The normalized spacial score (nSPS) is 21.6. The van der Waals surface area contributed by atoms with Crippen molar-refractivity contribution in [1.29, 1.82) is 0 Å². The average molecular weight is 450 g/mol. The molecule has 0 aliphatic carbocycles. The first kappa shape index (κ1) is 20.3. The van der Waals surface area contributed by atoms with Gasteiger partial charge in [-0.15, -0.1) is 0 Å². The van der Waals surface area contributed by atoms with E-state index in [1.54, 1.807) is 18.3 Å². The molecule has 148 valence electrons. The van der Waals surface area contributed by atoms with Crippen LogP contribution >= 0.6 is 15.9 Å². The smallest absolute Gasteiger partial charge is 0.255 e. The monoisotopic (exact) mass is 449 g/mol. The van der Waals surface area contributed by atoms with Crippen molar-refractivity contribution in [2.75, 3.05) is 6.61 Å². The van der Waals surface area contributed by atoms with E-state index in [4.69, 9.17) is 16.0 Å². The first-order chi connectivity index (χ1) is 13.3. The van der Waals surface area contributed by atoms with E-state index in [-0.39, 0.29) is 12.7 Å². The Hall–Kier alpha value is -2.40. The molecule has 2 heterocycles. The minimum absolute atomic E-state index is 0.0945. The Morgan fingerprint density at radius 3 is 2.79 bits per heavy atom. The number of hydrogen-bond donors (Lipinski definition) is 1. The van der Waals surface area contributed by atoms with E-state index in [1.165, 1.54) is 0 Å². The van der Waals surface area contributed by atoms with Crippen molar-refractivity contribution in [1.82, 2.24) is 10.3 Å². The zero-order valence-electron chi connectivity index (χ0n) is 15.8. The highest BCUT2D eigenvalue weighted by atomic mass is 79.9. The van der Waals surface area contributed by atoms with Crippen LogP contribution in [0, 0.1) is 12.5 Å². The summed E-state index contributed by atoms with van der Waals surface area (Å²) in [7, 11) is 0. The fourth-order valence-corrected chi connectivity index (χ4v) is 3.77. The minimum Gasteiger partial charge on any atom is -0.502 e. The molecule has 1 N–H and O–H groups in total. The number of ether oxygens (including phenoxy) is 2. The second-order valence-corrected chi connectivity index (χ2v) is 7.81. The zero-order valence-corrected chi connectivity index (χ0v) is 17.4. The van der Waals surface area contributed by atoms with Crippen LogP contribution in [-0.4, -0.2) is 35.8 Å². The van der Waals surface area contributed by atoms with E-state index >= 15 is 0 Å². The van der Waals surface area contributed by atoms with Gasteiger partial charge in [0.15, 0.2) is 6.17 Å². The maximum atomic E-state index is 14.0. The van der Waals surface area contributed by atoms with Gasteiger partial charge in [-0.25, -0.2) is 14.2 Å². The number of carbonyl (C=O) groups excluding carboxylic acids is 1. The number of alkyl halides is 1. The third-order valence-electron chi connectivity index (χ3n) is 4.71.